The molecule has 8 heteroatoms. The van der Waals surface area contributed by atoms with Crippen molar-refractivity contribution in [1.82, 2.24) is 19.4 Å². The highest BCUT2D eigenvalue weighted by Gasteiger charge is 2.28. The van der Waals surface area contributed by atoms with E-state index in [1.165, 1.54) is 0 Å². The fraction of sp³-hybridized carbons (Fsp3) is 0.421. The number of benzene rings is 1. The predicted octanol–water partition coefficient (Wildman–Crippen LogP) is 3.73. The maximum atomic E-state index is 12.7. The van der Waals surface area contributed by atoms with Gasteiger partial charge in [-0.3, -0.25) is 4.79 Å². The Morgan fingerprint density at radius 2 is 2.07 bits per heavy atom. The third-order valence-electron chi connectivity index (χ3n) is 5.38. The van der Waals surface area contributed by atoms with E-state index in [9.17, 15) is 4.79 Å². The molecular formula is C19H22ClN5OS. The first-order chi connectivity index (χ1) is 13.0. The molecule has 142 valence electrons. The molecule has 0 aliphatic carbocycles. The minimum absolute atomic E-state index is 0.0266. The fourth-order valence-electron chi connectivity index (χ4n) is 3.58. The molecule has 1 fully saturated rings. The molecule has 0 saturated carbocycles. The summed E-state index contributed by atoms with van der Waals surface area (Å²) in [7, 11) is 3.73. The van der Waals surface area contributed by atoms with Gasteiger partial charge in [0, 0.05) is 38.2 Å². The van der Waals surface area contributed by atoms with Gasteiger partial charge in [-0.05, 0) is 37.5 Å². The van der Waals surface area contributed by atoms with Gasteiger partial charge in [0.2, 0.25) is 0 Å². The van der Waals surface area contributed by atoms with Gasteiger partial charge in [-0.2, -0.15) is 0 Å². The van der Waals surface area contributed by atoms with Crippen molar-refractivity contribution >= 4 is 44.2 Å². The van der Waals surface area contributed by atoms with E-state index in [1.807, 2.05) is 38.1 Å². The van der Waals surface area contributed by atoms with Gasteiger partial charge in [0.05, 0.1) is 22.7 Å². The number of piperidine rings is 1. The number of amides is 1. The summed E-state index contributed by atoms with van der Waals surface area (Å²) in [6.45, 7) is 3.79. The molecule has 27 heavy (non-hydrogen) atoms. The van der Waals surface area contributed by atoms with Gasteiger partial charge in [-0.25, -0.2) is 9.97 Å². The Morgan fingerprint density at radius 1 is 1.33 bits per heavy atom. The zero-order valence-corrected chi connectivity index (χ0v) is 17.2. The number of thiazole rings is 1. The quantitative estimate of drug-likeness (QED) is 0.668. The van der Waals surface area contributed by atoms with E-state index in [2.05, 4.69) is 9.88 Å². The van der Waals surface area contributed by atoms with Gasteiger partial charge in [-0.1, -0.05) is 22.9 Å². The highest BCUT2D eigenvalue weighted by molar-refractivity contribution is 7.22. The van der Waals surface area contributed by atoms with Crippen LogP contribution in [-0.4, -0.2) is 51.5 Å². The summed E-state index contributed by atoms with van der Waals surface area (Å²) in [4.78, 5) is 25.7. The number of rotatable bonds is 3. The molecule has 1 aliphatic rings. The van der Waals surface area contributed by atoms with E-state index in [0.717, 1.165) is 51.9 Å². The standard InChI is InChI=1S/C19H22ClN5OS/c1-12-14(20)4-5-16-17(12)22-19(27-16)25-8-6-13(7-9-25)24(3)18(26)15-10-21-11-23(15)2/h4-5,10-11,13H,6-9H2,1-3H3. The highest BCUT2D eigenvalue weighted by atomic mass is 35.5. The highest BCUT2D eigenvalue weighted by Crippen LogP contribution is 2.34. The van der Waals surface area contributed by atoms with Crippen LogP contribution >= 0.6 is 22.9 Å². The van der Waals surface area contributed by atoms with E-state index in [1.54, 1.807) is 28.4 Å². The van der Waals surface area contributed by atoms with E-state index >= 15 is 0 Å². The van der Waals surface area contributed by atoms with Crippen LogP contribution in [0.4, 0.5) is 5.13 Å². The predicted molar refractivity (Wildman–Crippen MR) is 110 cm³/mol. The Labute approximate surface area is 167 Å². The molecule has 2 aromatic heterocycles. The number of aromatic nitrogens is 3. The van der Waals surface area contributed by atoms with Crippen molar-refractivity contribution in [3.05, 3.63) is 40.9 Å². The maximum Gasteiger partial charge on any atom is 0.272 e. The van der Waals surface area contributed by atoms with Gasteiger partial charge >= 0.3 is 0 Å². The monoisotopic (exact) mass is 403 g/mol. The smallest absolute Gasteiger partial charge is 0.272 e. The molecule has 1 amide bonds. The van der Waals surface area contributed by atoms with E-state index in [0.29, 0.717) is 5.69 Å². The zero-order valence-electron chi connectivity index (χ0n) is 15.6. The summed E-state index contributed by atoms with van der Waals surface area (Å²) in [5.74, 6) is 0.0266. The molecule has 0 N–H and O–H groups in total. The van der Waals surface area contributed by atoms with Crippen LogP contribution in [0.5, 0.6) is 0 Å². The molecule has 0 unspecified atom stereocenters. The number of imidazole rings is 1. The van der Waals surface area contributed by atoms with Crippen LogP contribution in [0.2, 0.25) is 5.02 Å². The number of aryl methyl sites for hydroxylation is 2. The summed E-state index contributed by atoms with van der Waals surface area (Å²) in [6.07, 6.45) is 5.14. The van der Waals surface area contributed by atoms with Crippen molar-refractivity contribution in [1.29, 1.82) is 0 Å². The second-order valence-electron chi connectivity index (χ2n) is 7.04. The Balaban J connectivity index is 1.45. The summed E-state index contributed by atoms with van der Waals surface area (Å²) in [5.41, 5.74) is 2.65. The molecular weight excluding hydrogens is 382 g/mol. The van der Waals surface area contributed by atoms with Crippen molar-refractivity contribution in [2.45, 2.75) is 25.8 Å². The van der Waals surface area contributed by atoms with Crippen molar-refractivity contribution in [2.24, 2.45) is 7.05 Å². The van der Waals surface area contributed by atoms with Crippen molar-refractivity contribution < 1.29 is 4.79 Å². The number of halogens is 1. The summed E-state index contributed by atoms with van der Waals surface area (Å²) >= 11 is 7.93. The van der Waals surface area contributed by atoms with E-state index < -0.39 is 0 Å². The summed E-state index contributed by atoms with van der Waals surface area (Å²) in [5, 5.41) is 1.79. The molecule has 1 saturated heterocycles. The number of hydrogen-bond donors (Lipinski definition) is 0. The molecule has 6 nitrogen and oxygen atoms in total. The first kappa shape index (κ1) is 18.3. The molecule has 0 bridgehead atoms. The average Bonchev–Trinajstić information content (AvgIpc) is 3.30. The second-order valence-corrected chi connectivity index (χ2v) is 8.46. The Kier molecular flexibility index (Phi) is 4.82. The third kappa shape index (κ3) is 3.30. The van der Waals surface area contributed by atoms with Crippen molar-refractivity contribution in [2.75, 3.05) is 25.0 Å². The number of hydrogen-bond acceptors (Lipinski definition) is 5. The topological polar surface area (TPSA) is 54.3 Å². The lowest BCUT2D eigenvalue weighted by atomic mass is 10.0. The molecule has 0 spiro atoms. The lowest BCUT2D eigenvalue weighted by Crippen LogP contribution is -2.46. The first-order valence-electron chi connectivity index (χ1n) is 8.99. The zero-order chi connectivity index (χ0) is 19.1. The fourth-order valence-corrected chi connectivity index (χ4v) is 4.81. The molecule has 0 radical (unpaired) electrons. The van der Waals surface area contributed by atoms with Crippen LogP contribution in [0, 0.1) is 6.92 Å². The van der Waals surface area contributed by atoms with Gasteiger partial charge in [0.15, 0.2) is 5.13 Å². The number of nitrogens with zero attached hydrogens (tertiary/aromatic N) is 5. The number of fused-ring (bicyclic) bond motifs is 1. The normalized spacial score (nSPS) is 15.5. The van der Waals surface area contributed by atoms with Gasteiger partial charge in [0.25, 0.3) is 5.91 Å². The largest absolute Gasteiger partial charge is 0.348 e. The molecule has 1 aromatic carbocycles. The van der Waals surface area contributed by atoms with E-state index in [-0.39, 0.29) is 11.9 Å². The van der Waals surface area contributed by atoms with Crippen LogP contribution < -0.4 is 4.90 Å². The number of carbonyl (C=O) groups is 1. The second kappa shape index (κ2) is 7.13. The Bertz CT molecular complexity index is 989. The van der Waals surface area contributed by atoms with Crippen molar-refractivity contribution in [3.8, 4) is 0 Å². The molecule has 3 heterocycles. The number of anilines is 1. The maximum absolute atomic E-state index is 12.7. The first-order valence-corrected chi connectivity index (χ1v) is 10.2. The number of carbonyl (C=O) groups excluding carboxylic acids is 1. The molecule has 0 atom stereocenters. The van der Waals surface area contributed by atoms with Gasteiger partial charge in [0.1, 0.15) is 5.69 Å². The minimum atomic E-state index is 0.0266. The average molecular weight is 404 g/mol. The van der Waals surface area contributed by atoms with Gasteiger partial charge in [-0.15, -0.1) is 0 Å². The van der Waals surface area contributed by atoms with Crippen LogP contribution in [0.3, 0.4) is 0 Å². The van der Waals surface area contributed by atoms with Crippen LogP contribution in [-0.2, 0) is 7.05 Å². The van der Waals surface area contributed by atoms with Crippen LogP contribution in [0.1, 0.15) is 28.9 Å². The van der Waals surface area contributed by atoms with E-state index in [4.69, 9.17) is 16.6 Å². The summed E-state index contributed by atoms with van der Waals surface area (Å²) in [6, 6.07) is 4.21. The Morgan fingerprint density at radius 3 is 2.74 bits per heavy atom. The van der Waals surface area contributed by atoms with Gasteiger partial charge < -0.3 is 14.4 Å². The minimum Gasteiger partial charge on any atom is -0.348 e. The lowest BCUT2D eigenvalue weighted by molar-refractivity contribution is 0.0699. The van der Waals surface area contributed by atoms with Crippen molar-refractivity contribution in [3.63, 3.8) is 0 Å². The third-order valence-corrected chi connectivity index (χ3v) is 6.87. The molecule has 1 aliphatic heterocycles. The molecule has 4 rings (SSSR count). The van der Waals surface area contributed by atoms with Crippen LogP contribution in [0.25, 0.3) is 10.2 Å². The summed E-state index contributed by atoms with van der Waals surface area (Å²) < 4.78 is 2.93. The SMILES string of the molecule is Cc1c(Cl)ccc2sc(N3CCC(N(C)C(=O)c4cncn4C)CC3)nc12. The Hall–Kier alpha value is -2.12. The lowest BCUT2D eigenvalue weighted by Gasteiger charge is -2.36. The molecule has 3 aromatic rings. The van der Waals surface area contributed by atoms with Crippen LogP contribution in [0.15, 0.2) is 24.7 Å².